The van der Waals surface area contributed by atoms with Gasteiger partial charge < -0.3 is 9.80 Å². The number of benzene rings is 1. The summed E-state index contributed by atoms with van der Waals surface area (Å²) in [6.07, 6.45) is 0. The Labute approximate surface area is 117 Å². The minimum atomic E-state index is 0.189. The maximum atomic E-state index is 5.95. The Kier molecular flexibility index (Phi) is 3.85. The first-order chi connectivity index (χ1) is 8.99. The van der Waals surface area contributed by atoms with E-state index in [2.05, 4.69) is 15.0 Å². The Bertz CT molecular complexity index is 585. The van der Waals surface area contributed by atoms with Gasteiger partial charge in [0.2, 0.25) is 17.2 Å². The summed E-state index contributed by atoms with van der Waals surface area (Å²) in [5.74, 6) is 1.06. The zero-order chi connectivity index (χ0) is 14.0. The molecule has 0 fully saturated rings. The molecule has 1 aromatic carbocycles. The van der Waals surface area contributed by atoms with Crippen LogP contribution in [0.15, 0.2) is 24.3 Å². The fourth-order valence-corrected chi connectivity index (χ4v) is 1.88. The number of halogens is 1. The summed E-state index contributed by atoms with van der Waals surface area (Å²) in [5.41, 5.74) is 2.18. The van der Waals surface area contributed by atoms with E-state index in [-0.39, 0.29) is 5.28 Å². The molecule has 2 aromatic rings. The van der Waals surface area contributed by atoms with Gasteiger partial charge in [-0.05, 0) is 30.2 Å². The molecular weight excluding hydrogens is 262 g/mol. The second-order valence-electron chi connectivity index (χ2n) is 4.44. The first-order valence-electron chi connectivity index (χ1n) is 5.87. The van der Waals surface area contributed by atoms with Crippen molar-refractivity contribution >= 4 is 29.2 Å². The fourth-order valence-electron chi connectivity index (χ4n) is 1.73. The first-order valence-corrected chi connectivity index (χ1v) is 6.25. The average molecular weight is 278 g/mol. The van der Waals surface area contributed by atoms with Crippen LogP contribution in [0.5, 0.6) is 0 Å². The van der Waals surface area contributed by atoms with Crippen LogP contribution in [0.1, 0.15) is 5.56 Å². The summed E-state index contributed by atoms with van der Waals surface area (Å²) in [5, 5.41) is 0.189. The molecule has 0 saturated carbocycles. The largest absolute Gasteiger partial charge is 0.347 e. The summed E-state index contributed by atoms with van der Waals surface area (Å²) < 4.78 is 0. The number of hydrogen-bond donors (Lipinski definition) is 0. The number of aryl methyl sites for hydroxylation is 1. The van der Waals surface area contributed by atoms with Crippen LogP contribution in [0.4, 0.5) is 17.6 Å². The van der Waals surface area contributed by atoms with E-state index >= 15 is 0 Å². The van der Waals surface area contributed by atoms with E-state index in [1.807, 2.05) is 57.2 Å². The van der Waals surface area contributed by atoms with Crippen LogP contribution in [0.2, 0.25) is 5.28 Å². The van der Waals surface area contributed by atoms with Gasteiger partial charge in [-0.25, -0.2) is 0 Å². The van der Waals surface area contributed by atoms with Gasteiger partial charge in [-0.15, -0.1) is 0 Å². The van der Waals surface area contributed by atoms with Crippen molar-refractivity contribution in [1.29, 1.82) is 0 Å². The molecule has 100 valence electrons. The van der Waals surface area contributed by atoms with Crippen LogP contribution in [0.3, 0.4) is 0 Å². The standard InChI is InChI=1S/C13H16ClN5/c1-9-7-5-6-8-10(9)19(4)13-16-11(14)15-12(17-13)18(2)3/h5-8H,1-4H3. The van der Waals surface area contributed by atoms with Crippen molar-refractivity contribution in [3.63, 3.8) is 0 Å². The highest BCUT2D eigenvalue weighted by Gasteiger charge is 2.13. The Hall–Kier alpha value is -1.88. The fraction of sp³-hybridized carbons (Fsp3) is 0.308. The van der Waals surface area contributed by atoms with Crippen LogP contribution in [-0.4, -0.2) is 36.1 Å². The number of rotatable bonds is 3. The third kappa shape index (κ3) is 2.93. The molecule has 1 heterocycles. The minimum absolute atomic E-state index is 0.189. The van der Waals surface area contributed by atoms with Crippen molar-refractivity contribution in [2.24, 2.45) is 0 Å². The average Bonchev–Trinajstić information content (AvgIpc) is 2.37. The summed E-state index contributed by atoms with van der Waals surface area (Å²) >= 11 is 5.95. The molecule has 0 atom stereocenters. The number of nitrogens with zero attached hydrogens (tertiary/aromatic N) is 5. The van der Waals surface area contributed by atoms with Crippen LogP contribution in [0, 0.1) is 6.92 Å². The maximum Gasteiger partial charge on any atom is 0.235 e. The van der Waals surface area contributed by atoms with Gasteiger partial charge in [-0.3, -0.25) is 0 Å². The van der Waals surface area contributed by atoms with E-state index in [0.29, 0.717) is 11.9 Å². The van der Waals surface area contributed by atoms with Crippen molar-refractivity contribution in [2.45, 2.75) is 6.92 Å². The second-order valence-corrected chi connectivity index (χ2v) is 4.78. The number of hydrogen-bond acceptors (Lipinski definition) is 5. The van der Waals surface area contributed by atoms with Crippen molar-refractivity contribution in [3.8, 4) is 0 Å². The SMILES string of the molecule is Cc1ccccc1N(C)c1nc(Cl)nc(N(C)C)n1. The van der Waals surface area contributed by atoms with Crippen molar-refractivity contribution in [3.05, 3.63) is 35.1 Å². The van der Waals surface area contributed by atoms with Crippen LogP contribution < -0.4 is 9.80 Å². The van der Waals surface area contributed by atoms with Crippen LogP contribution in [0.25, 0.3) is 0 Å². The van der Waals surface area contributed by atoms with E-state index in [4.69, 9.17) is 11.6 Å². The third-order valence-corrected chi connectivity index (χ3v) is 2.93. The molecule has 0 aliphatic heterocycles. The highest BCUT2D eigenvalue weighted by Crippen LogP contribution is 2.25. The van der Waals surface area contributed by atoms with E-state index < -0.39 is 0 Å². The Balaban J connectivity index is 2.44. The van der Waals surface area contributed by atoms with Gasteiger partial charge in [-0.1, -0.05) is 18.2 Å². The van der Waals surface area contributed by atoms with E-state index in [0.717, 1.165) is 11.3 Å². The van der Waals surface area contributed by atoms with Gasteiger partial charge in [0.05, 0.1) is 0 Å². The highest BCUT2D eigenvalue weighted by molar-refractivity contribution is 6.28. The van der Waals surface area contributed by atoms with Gasteiger partial charge in [0.25, 0.3) is 0 Å². The molecule has 0 saturated heterocycles. The molecule has 0 aliphatic rings. The van der Waals surface area contributed by atoms with Crippen LogP contribution >= 0.6 is 11.6 Å². The topological polar surface area (TPSA) is 45.2 Å². The predicted octanol–water partition coefficient (Wildman–Crippen LogP) is 2.67. The normalized spacial score (nSPS) is 10.4. The minimum Gasteiger partial charge on any atom is -0.347 e. The predicted molar refractivity (Wildman–Crippen MR) is 78.4 cm³/mol. The number of para-hydroxylation sites is 1. The summed E-state index contributed by atoms with van der Waals surface area (Å²) in [6.45, 7) is 2.04. The molecule has 1 aromatic heterocycles. The maximum absolute atomic E-state index is 5.95. The molecule has 5 nitrogen and oxygen atoms in total. The lowest BCUT2D eigenvalue weighted by Gasteiger charge is -2.20. The van der Waals surface area contributed by atoms with E-state index in [1.54, 1.807) is 4.90 Å². The molecule has 0 radical (unpaired) electrons. The van der Waals surface area contributed by atoms with Crippen molar-refractivity contribution in [1.82, 2.24) is 15.0 Å². The van der Waals surface area contributed by atoms with Gasteiger partial charge >= 0.3 is 0 Å². The van der Waals surface area contributed by atoms with Crippen molar-refractivity contribution in [2.75, 3.05) is 30.9 Å². The van der Waals surface area contributed by atoms with E-state index in [1.165, 1.54) is 0 Å². The lowest BCUT2D eigenvalue weighted by atomic mass is 10.2. The second kappa shape index (κ2) is 5.40. The summed E-state index contributed by atoms with van der Waals surface area (Å²) in [4.78, 5) is 16.3. The van der Waals surface area contributed by atoms with Crippen LogP contribution in [-0.2, 0) is 0 Å². The quantitative estimate of drug-likeness (QED) is 0.863. The number of anilines is 3. The Morgan fingerprint density at radius 1 is 0.947 bits per heavy atom. The molecular formula is C13H16ClN5. The zero-order valence-corrected chi connectivity index (χ0v) is 12.2. The first kappa shape index (κ1) is 13.5. The zero-order valence-electron chi connectivity index (χ0n) is 11.4. The monoisotopic (exact) mass is 277 g/mol. The highest BCUT2D eigenvalue weighted by atomic mass is 35.5. The molecule has 0 unspecified atom stereocenters. The van der Waals surface area contributed by atoms with Gasteiger partial charge in [0.1, 0.15) is 0 Å². The summed E-state index contributed by atoms with van der Waals surface area (Å²) in [7, 11) is 5.64. The van der Waals surface area contributed by atoms with Gasteiger partial charge in [0, 0.05) is 26.8 Å². The molecule has 0 bridgehead atoms. The molecule has 0 amide bonds. The summed E-state index contributed by atoms with van der Waals surface area (Å²) in [6, 6.07) is 8.04. The Morgan fingerprint density at radius 2 is 1.58 bits per heavy atom. The third-order valence-electron chi connectivity index (χ3n) is 2.76. The molecule has 2 rings (SSSR count). The smallest absolute Gasteiger partial charge is 0.235 e. The lowest BCUT2D eigenvalue weighted by molar-refractivity contribution is 0.929. The Morgan fingerprint density at radius 3 is 2.21 bits per heavy atom. The molecule has 0 aliphatic carbocycles. The molecule has 0 spiro atoms. The van der Waals surface area contributed by atoms with Gasteiger partial charge in [-0.2, -0.15) is 15.0 Å². The van der Waals surface area contributed by atoms with Gasteiger partial charge in [0.15, 0.2) is 0 Å². The number of aromatic nitrogens is 3. The molecule has 6 heteroatoms. The van der Waals surface area contributed by atoms with Crippen molar-refractivity contribution < 1.29 is 0 Å². The van der Waals surface area contributed by atoms with E-state index in [9.17, 15) is 0 Å². The molecule has 0 N–H and O–H groups in total. The molecule has 19 heavy (non-hydrogen) atoms. The lowest BCUT2D eigenvalue weighted by Crippen LogP contribution is -2.19.